The fourth-order valence-electron chi connectivity index (χ4n) is 1.99. The number of hydrogen-bond donors (Lipinski definition) is 0. The molecule has 0 unspecified atom stereocenters. The van der Waals surface area contributed by atoms with Crippen LogP contribution in [0.15, 0.2) is 42.7 Å². The average molecular weight is 211 g/mol. The molecular weight excluding hydrogens is 194 g/mol. The van der Waals surface area contributed by atoms with Crippen LogP contribution in [0.5, 0.6) is 0 Å². The van der Waals surface area contributed by atoms with Gasteiger partial charge in [-0.05, 0) is 36.1 Å². The first-order valence-electron chi connectivity index (χ1n) is 5.81. The number of aryl methyl sites for hydroxylation is 2. The zero-order valence-corrected chi connectivity index (χ0v) is 9.90. The average Bonchev–Trinajstić information content (AvgIpc) is 2.30. The maximum absolute atomic E-state index is 4.26. The van der Waals surface area contributed by atoms with Gasteiger partial charge < -0.3 is 0 Å². The standard InChI is InChI=1S/C15H17N/c1-3-6-13-7-4-5-8-15(13)14-9-12(2)10-16-11-14/h4-5,7-11H,3,6H2,1-2H3. The highest BCUT2D eigenvalue weighted by atomic mass is 14.6. The van der Waals surface area contributed by atoms with Crippen molar-refractivity contribution in [1.29, 1.82) is 0 Å². The minimum absolute atomic E-state index is 1.13. The summed E-state index contributed by atoms with van der Waals surface area (Å²) in [7, 11) is 0. The maximum atomic E-state index is 4.26. The topological polar surface area (TPSA) is 12.9 Å². The summed E-state index contributed by atoms with van der Waals surface area (Å²) in [4.78, 5) is 4.26. The molecule has 0 atom stereocenters. The maximum Gasteiger partial charge on any atom is 0.0346 e. The third kappa shape index (κ3) is 2.30. The second-order valence-electron chi connectivity index (χ2n) is 4.16. The van der Waals surface area contributed by atoms with E-state index in [0.29, 0.717) is 0 Å². The normalized spacial score (nSPS) is 10.4. The third-order valence-corrected chi connectivity index (χ3v) is 2.72. The molecule has 0 bridgehead atoms. The Labute approximate surface area is 97.2 Å². The second kappa shape index (κ2) is 4.93. The van der Waals surface area contributed by atoms with Crippen molar-refractivity contribution in [3.63, 3.8) is 0 Å². The zero-order valence-electron chi connectivity index (χ0n) is 9.90. The molecule has 0 amide bonds. The molecule has 1 nitrogen and oxygen atoms in total. The number of hydrogen-bond acceptors (Lipinski definition) is 1. The first-order valence-corrected chi connectivity index (χ1v) is 5.81. The summed E-state index contributed by atoms with van der Waals surface area (Å²) < 4.78 is 0. The third-order valence-electron chi connectivity index (χ3n) is 2.72. The van der Waals surface area contributed by atoms with Gasteiger partial charge in [-0.2, -0.15) is 0 Å². The van der Waals surface area contributed by atoms with Crippen molar-refractivity contribution in [2.45, 2.75) is 26.7 Å². The van der Waals surface area contributed by atoms with Gasteiger partial charge >= 0.3 is 0 Å². The highest BCUT2D eigenvalue weighted by Crippen LogP contribution is 2.24. The Kier molecular flexibility index (Phi) is 3.35. The van der Waals surface area contributed by atoms with Crippen LogP contribution in [0, 0.1) is 6.92 Å². The molecule has 1 aromatic heterocycles. The SMILES string of the molecule is CCCc1ccccc1-c1cncc(C)c1. The number of nitrogens with zero attached hydrogens (tertiary/aromatic N) is 1. The van der Waals surface area contributed by atoms with Crippen LogP contribution in [0.1, 0.15) is 24.5 Å². The molecule has 2 aromatic rings. The largest absolute Gasteiger partial charge is 0.264 e. The molecule has 0 spiro atoms. The lowest BCUT2D eigenvalue weighted by molar-refractivity contribution is 0.923. The second-order valence-corrected chi connectivity index (χ2v) is 4.16. The molecule has 0 N–H and O–H groups in total. The Balaban J connectivity index is 2.46. The fraction of sp³-hybridized carbons (Fsp3) is 0.267. The van der Waals surface area contributed by atoms with Crippen LogP contribution in [0.3, 0.4) is 0 Å². The Bertz CT molecular complexity index is 474. The van der Waals surface area contributed by atoms with E-state index in [9.17, 15) is 0 Å². The summed E-state index contributed by atoms with van der Waals surface area (Å²) in [6.45, 7) is 4.30. The first kappa shape index (κ1) is 10.9. The minimum atomic E-state index is 1.13. The summed E-state index contributed by atoms with van der Waals surface area (Å²) in [5.41, 5.74) is 5.17. The predicted octanol–water partition coefficient (Wildman–Crippen LogP) is 4.01. The molecule has 0 aliphatic heterocycles. The van der Waals surface area contributed by atoms with E-state index in [4.69, 9.17) is 0 Å². The molecule has 0 radical (unpaired) electrons. The van der Waals surface area contributed by atoms with Crippen molar-refractivity contribution >= 4 is 0 Å². The van der Waals surface area contributed by atoms with Crippen LogP contribution in [-0.4, -0.2) is 4.98 Å². The summed E-state index contributed by atoms with van der Waals surface area (Å²) >= 11 is 0. The molecule has 1 aromatic carbocycles. The van der Waals surface area contributed by atoms with Gasteiger partial charge in [0.05, 0.1) is 0 Å². The van der Waals surface area contributed by atoms with Gasteiger partial charge in [-0.1, -0.05) is 37.6 Å². The number of benzene rings is 1. The molecule has 0 saturated carbocycles. The van der Waals surface area contributed by atoms with Crippen molar-refractivity contribution < 1.29 is 0 Å². The quantitative estimate of drug-likeness (QED) is 0.747. The van der Waals surface area contributed by atoms with Gasteiger partial charge in [-0.25, -0.2) is 0 Å². The van der Waals surface area contributed by atoms with Crippen LogP contribution >= 0.6 is 0 Å². The molecule has 2 rings (SSSR count). The highest BCUT2D eigenvalue weighted by molar-refractivity contribution is 5.67. The van der Waals surface area contributed by atoms with E-state index in [2.05, 4.69) is 49.2 Å². The van der Waals surface area contributed by atoms with Gasteiger partial charge in [-0.15, -0.1) is 0 Å². The van der Waals surface area contributed by atoms with E-state index >= 15 is 0 Å². The van der Waals surface area contributed by atoms with Crippen LogP contribution in [0.25, 0.3) is 11.1 Å². The minimum Gasteiger partial charge on any atom is -0.264 e. The van der Waals surface area contributed by atoms with Crippen molar-refractivity contribution in [2.24, 2.45) is 0 Å². The lowest BCUT2D eigenvalue weighted by Crippen LogP contribution is -1.90. The van der Waals surface area contributed by atoms with Crippen LogP contribution in [0.2, 0.25) is 0 Å². The van der Waals surface area contributed by atoms with Gasteiger partial charge in [0.25, 0.3) is 0 Å². The van der Waals surface area contributed by atoms with Crippen molar-refractivity contribution in [2.75, 3.05) is 0 Å². The monoisotopic (exact) mass is 211 g/mol. The first-order chi connectivity index (χ1) is 7.81. The number of rotatable bonds is 3. The van der Waals surface area contributed by atoms with Crippen LogP contribution < -0.4 is 0 Å². The predicted molar refractivity (Wildman–Crippen MR) is 68.4 cm³/mol. The lowest BCUT2D eigenvalue weighted by atomic mass is 9.97. The molecule has 0 aliphatic carbocycles. The Morgan fingerprint density at radius 1 is 1.12 bits per heavy atom. The fourth-order valence-corrected chi connectivity index (χ4v) is 1.99. The molecule has 0 fully saturated rings. The Hall–Kier alpha value is -1.63. The van der Waals surface area contributed by atoms with E-state index in [1.807, 2.05) is 12.4 Å². The number of pyridine rings is 1. The highest BCUT2D eigenvalue weighted by Gasteiger charge is 2.03. The summed E-state index contributed by atoms with van der Waals surface area (Å²) in [5.74, 6) is 0. The van der Waals surface area contributed by atoms with Gasteiger partial charge in [0.2, 0.25) is 0 Å². The van der Waals surface area contributed by atoms with Crippen molar-refractivity contribution in [3.8, 4) is 11.1 Å². The van der Waals surface area contributed by atoms with Crippen LogP contribution in [0.4, 0.5) is 0 Å². The zero-order chi connectivity index (χ0) is 11.4. The van der Waals surface area contributed by atoms with Crippen molar-refractivity contribution in [3.05, 3.63) is 53.9 Å². The smallest absolute Gasteiger partial charge is 0.0346 e. The van der Waals surface area contributed by atoms with E-state index in [-0.39, 0.29) is 0 Å². The molecule has 82 valence electrons. The van der Waals surface area contributed by atoms with E-state index < -0.39 is 0 Å². The Morgan fingerprint density at radius 3 is 2.69 bits per heavy atom. The molecule has 0 aliphatic rings. The summed E-state index contributed by atoms with van der Waals surface area (Å²) in [6, 6.07) is 10.8. The van der Waals surface area contributed by atoms with E-state index in [1.54, 1.807) is 0 Å². The molecule has 1 heterocycles. The van der Waals surface area contributed by atoms with Gasteiger partial charge in [0.1, 0.15) is 0 Å². The molecule has 16 heavy (non-hydrogen) atoms. The molecular formula is C15H17N. The summed E-state index contributed by atoms with van der Waals surface area (Å²) in [6.07, 6.45) is 6.15. The van der Waals surface area contributed by atoms with Crippen LogP contribution in [-0.2, 0) is 6.42 Å². The summed E-state index contributed by atoms with van der Waals surface area (Å²) in [5, 5.41) is 0. The lowest BCUT2D eigenvalue weighted by Gasteiger charge is -2.08. The number of aromatic nitrogens is 1. The van der Waals surface area contributed by atoms with Gasteiger partial charge in [-0.3, -0.25) is 4.98 Å². The molecule has 0 saturated heterocycles. The molecule has 1 heteroatoms. The van der Waals surface area contributed by atoms with Gasteiger partial charge in [0, 0.05) is 18.0 Å². The Morgan fingerprint density at radius 2 is 1.94 bits per heavy atom. The van der Waals surface area contributed by atoms with Gasteiger partial charge in [0.15, 0.2) is 0 Å². The van der Waals surface area contributed by atoms with Crippen molar-refractivity contribution in [1.82, 2.24) is 4.98 Å². The van der Waals surface area contributed by atoms with E-state index in [1.165, 1.54) is 28.7 Å². The van der Waals surface area contributed by atoms with E-state index in [0.717, 1.165) is 6.42 Å².